The Morgan fingerprint density at radius 2 is 1.84 bits per heavy atom. The molecule has 1 N–H and O–H groups in total. The Morgan fingerprint density at radius 3 is 2.50 bits per heavy atom. The van der Waals surface area contributed by atoms with Crippen LogP contribution in [0.15, 0.2) is 53.5 Å². The molecular weight excluding hydrogens is 424 g/mol. The third-order valence-corrected chi connectivity index (χ3v) is 5.96. The summed E-state index contributed by atoms with van der Waals surface area (Å²) in [5, 5.41) is 11.3. The number of ether oxygens (including phenoxy) is 1. The maximum Gasteiger partial charge on any atom is 0.422 e. The van der Waals surface area contributed by atoms with Gasteiger partial charge in [0.1, 0.15) is 0 Å². The van der Waals surface area contributed by atoms with Crippen LogP contribution in [0, 0.1) is 12.7 Å². The van der Waals surface area contributed by atoms with E-state index in [9.17, 15) is 22.7 Å². The summed E-state index contributed by atoms with van der Waals surface area (Å²) in [6.07, 6.45) is -4.37. The largest absolute Gasteiger partial charge is 0.493 e. The van der Waals surface area contributed by atoms with Gasteiger partial charge in [0.25, 0.3) is 0 Å². The van der Waals surface area contributed by atoms with Crippen LogP contribution in [-0.4, -0.2) is 35.2 Å². The van der Waals surface area contributed by atoms with E-state index in [0.29, 0.717) is 35.5 Å². The summed E-state index contributed by atoms with van der Waals surface area (Å²) in [7, 11) is 1.27. The molecule has 32 heavy (non-hydrogen) atoms. The van der Waals surface area contributed by atoms with Crippen LogP contribution in [0.25, 0.3) is 10.9 Å². The van der Waals surface area contributed by atoms with Crippen molar-refractivity contribution in [1.82, 2.24) is 4.98 Å². The molecule has 1 aliphatic carbocycles. The van der Waals surface area contributed by atoms with Crippen molar-refractivity contribution in [1.29, 1.82) is 0 Å². The van der Waals surface area contributed by atoms with Gasteiger partial charge in [-0.3, -0.25) is 9.98 Å². The number of pyridine rings is 1. The summed E-state index contributed by atoms with van der Waals surface area (Å²) in [4.78, 5) is 8.39. The van der Waals surface area contributed by atoms with Gasteiger partial charge in [0.2, 0.25) is 0 Å². The normalized spacial score (nSPS) is 17.5. The van der Waals surface area contributed by atoms with Gasteiger partial charge in [-0.1, -0.05) is 18.2 Å². The van der Waals surface area contributed by atoms with Crippen LogP contribution >= 0.6 is 0 Å². The number of methoxy groups -OCH3 is 1. The number of aliphatic hydroxyl groups is 1. The number of nitrogens with zero attached hydrogens (tertiary/aromatic N) is 2. The van der Waals surface area contributed by atoms with E-state index in [1.165, 1.54) is 19.2 Å². The fourth-order valence-corrected chi connectivity index (χ4v) is 4.09. The van der Waals surface area contributed by atoms with Crippen molar-refractivity contribution >= 4 is 22.8 Å². The number of aryl methyl sites for hydroxylation is 1. The third kappa shape index (κ3) is 3.95. The number of para-hydroxylation sites is 1. The summed E-state index contributed by atoms with van der Waals surface area (Å²) in [6, 6.07) is 12.6. The molecule has 4 nitrogen and oxygen atoms in total. The first-order chi connectivity index (χ1) is 15.1. The highest BCUT2D eigenvalue weighted by Gasteiger charge is 2.60. The summed E-state index contributed by atoms with van der Waals surface area (Å²) in [6.45, 7) is 1.81. The van der Waals surface area contributed by atoms with E-state index in [2.05, 4.69) is 9.98 Å². The Bertz CT molecular complexity index is 1190. The number of fused-ring (bicyclic) bond motifs is 1. The lowest BCUT2D eigenvalue weighted by atomic mass is 9.82. The molecule has 168 valence electrons. The predicted molar refractivity (Wildman–Crippen MR) is 114 cm³/mol. The Labute approximate surface area is 182 Å². The van der Waals surface area contributed by atoms with Gasteiger partial charge in [-0.05, 0) is 50.1 Å². The highest BCUT2D eigenvalue weighted by atomic mass is 19.4. The Balaban J connectivity index is 1.73. The molecule has 0 saturated heterocycles. The number of benzene rings is 2. The topological polar surface area (TPSA) is 54.7 Å². The number of hydrogen-bond acceptors (Lipinski definition) is 4. The van der Waals surface area contributed by atoms with Crippen LogP contribution in [0.2, 0.25) is 0 Å². The molecule has 0 radical (unpaired) electrons. The van der Waals surface area contributed by atoms with Crippen LogP contribution < -0.4 is 4.74 Å². The molecule has 0 bridgehead atoms. The number of aromatic nitrogens is 1. The van der Waals surface area contributed by atoms with Crippen LogP contribution in [0.1, 0.15) is 30.5 Å². The molecule has 1 aliphatic rings. The Kier molecular flexibility index (Phi) is 5.45. The highest BCUT2D eigenvalue weighted by Crippen LogP contribution is 2.57. The van der Waals surface area contributed by atoms with E-state index in [1.54, 1.807) is 36.4 Å². The van der Waals surface area contributed by atoms with Crippen molar-refractivity contribution in [3.05, 3.63) is 65.6 Å². The van der Waals surface area contributed by atoms with Crippen molar-refractivity contribution in [2.24, 2.45) is 4.99 Å². The molecule has 4 rings (SSSR count). The molecule has 0 amide bonds. The second-order valence-corrected chi connectivity index (χ2v) is 8.25. The molecule has 1 heterocycles. The monoisotopic (exact) mass is 446 g/mol. The quantitative estimate of drug-likeness (QED) is 0.384. The number of halogens is 4. The zero-order valence-corrected chi connectivity index (χ0v) is 17.6. The van der Waals surface area contributed by atoms with Gasteiger partial charge in [0.15, 0.2) is 17.2 Å². The SMILES string of the molecule is COc1c(F)cccc1C1(CC(O)(/C=N\c2cccc3nc(C)ccc23)C(F)(F)F)CC1. The molecule has 1 fully saturated rings. The molecule has 8 heteroatoms. The summed E-state index contributed by atoms with van der Waals surface area (Å²) in [5.74, 6) is -0.749. The lowest BCUT2D eigenvalue weighted by Crippen LogP contribution is -2.49. The summed E-state index contributed by atoms with van der Waals surface area (Å²) in [5.41, 5.74) is -2.31. The van der Waals surface area contributed by atoms with Gasteiger partial charge in [-0.15, -0.1) is 0 Å². The van der Waals surface area contributed by atoms with Crippen LogP contribution in [0.3, 0.4) is 0 Å². The van der Waals surface area contributed by atoms with Crippen molar-refractivity contribution in [3.63, 3.8) is 0 Å². The van der Waals surface area contributed by atoms with Gasteiger partial charge in [-0.2, -0.15) is 13.2 Å². The van der Waals surface area contributed by atoms with Gasteiger partial charge in [-0.25, -0.2) is 4.39 Å². The van der Waals surface area contributed by atoms with Crippen molar-refractivity contribution in [3.8, 4) is 5.75 Å². The number of alkyl halides is 3. The average Bonchev–Trinajstić information content (AvgIpc) is 3.51. The Hall–Kier alpha value is -3.00. The zero-order valence-electron chi connectivity index (χ0n) is 17.6. The van der Waals surface area contributed by atoms with Gasteiger partial charge < -0.3 is 9.84 Å². The molecule has 1 atom stereocenters. The first kappa shape index (κ1) is 22.2. The first-order valence-electron chi connectivity index (χ1n) is 10.1. The standard InChI is InChI=1S/C24H22F4N2O2/c1-15-9-10-16-19(7-4-8-20(16)30-15)29-14-23(31,24(26,27)28)13-22(11-12-22)17-5-3-6-18(25)21(17)32-2/h3-10,14,31H,11-13H2,1-2H3/b29-14-. The van der Waals surface area contributed by atoms with Crippen molar-refractivity contribution in [2.45, 2.75) is 43.4 Å². The second kappa shape index (κ2) is 7.85. The summed E-state index contributed by atoms with van der Waals surface area (Å²) < 4.78 is 61.4. The van der Waals surface area contributed by atoms with Gasteiger partial charge in [0.05, 0.1) is 18.3 Å². The minimum Gasteiger partial charge on any atom is -0.493 e. The molecular formula is C24H22F4N2O2. The van der Waals surface area contributed by atoms with Crippen molar-refractivity contribution in [2.75, 3.05) is 7.11 Å². The number of aliphatic imine (C=N–C) groups is 1. The summed E-state index contributed by atoms with van der Waals surface area (Å²) >= 11 is 0. The first-order valence-corrected chi connectivity index (χ1v) is 10.1. The smallest absolute Gasteiger partial charge is 0.422 e. The molecule has 3 aromatic rings. The number of hydrogen-bond donors (Lipinski definition) is 1. The minimum atomic E-state index is -4.98. The lowest BCUT2D eigenvalue weighted by Gasteiger charge is -2.31. The molecule has 0 spiro atoms. The molecule has 0 aliphatic heterocycles. The van der Waals surface area contributed by atoms with E-state index < -0.39 is 29.4 Å². The third-order valence-electron chi connectivity index (χ3n) is 5.96. The zero-order chi connectivity index (χ0) is 23.1. The number of rotatable bonds is 6. The molecule has 1 aromatic heterocycles. The van der Waals surface area contributed by atoms with E-state index in [-0.39, 0.29) is 11.4 Å². The molecule has 1 unspecified atom stereocenters. The fraction of sp³-hybridized carbons (Fsp3) is 0.333. The van der Waals surface area contributed by atoms with Crippen molar-refractivity contribution < 1.29 is 27.4 Å². The van der Waals surface area contributed by atoms with E-state index in [4.69, 9.17) is 4.74 Å². The average molecular weight is 446 g/mol. The van der Waals surface area contributed by atoms with E-state index in [1.807, 2.05) is 6.92 Å². The Morgan fingerprint density at radius 1 is 1.12 bits per heavy atom. The maximum absolute atomic E-state index is 14.2. The van der Waals surface area contributed by atoms with Crippen LogP contribution in [-0.2, 0) is 5.41 Å². The van der Waals surface area contributed by atoms with E-state index >= 15 is 0 Å². The minimum absolute atomic E-state index is 0.0954. The molecule has 1 saturated carbocycles. The predicted octanol–water partition coefficient (Wildman–Crippen LogP) is 5.81. The van der Waals surface area contributed by atoms with E-state index in [0.717, 1.165) is 5.69 Å². The van der Waals surface area contributed by atoms with Gasteiger partial charge in [0, 0.05) is 34.7 Å². The lowest BCUT2D eigenvalue weighted by molar-refractivity contribution is -0.233. The van der Waals surface area contributed by atoms with Crippen LogP contribution in [0.4, 0.5) is 23.2 Å². The second-order valence-electron chi connectivity index (χ2n) is 8.25. The highest BCUT2D eigenvalue weighted by molar-refractivity contribution is 5.92. The molecule has 2 aromatic carbocycles. The fourth-order valence-electron chi connectivity index (χ4n) is 4.09. The van der Waals surface area contributed by atoms with Crippen LogP contribution in [0.5, 0.6) is 5.75 Å². The maximum atomic E-state index is 14.2. The van der Waals surface area contributed by atoms with Gasteiger partial charge >= 0.3 is 6.18 Å².